The molecule has 0 bridgehead atoms. The SMILES string of the molecule is N#Cc1cc(CSc2ccc(CC(=O)O)cc2)ccn1. The van der Waals surface area contributed by atoms with Crippen LogP contribution in [0.2, 0.25) is 0 Å². The third kappa shape index (κ3) is 4.11. The summed E-state index contributed by atoms with van der Waals surface area (Å²) in [6, 6.07) is 13.1. The Morgan fingerprint density at radius 2 is 2.00 bits per heavy atom. The van der Waals surface area contributed by atoms with E-state index in [-0.39, 0.29) is 6.42 Å². The normalized spacial score (nSPS) is 9.95. The second kappa shape index (κ2) is 6.73. The Labute approximate surface area is 121 Å². The van der Waals surface area contributed by atoms with Crippen LogP contribution in [0.15, 0.2) is 47.5 Å². The molecule has 1 N–H and O–H groups in total. The van der Waals surface area contributed by atoms with Gasteiger partial charge in [0.15, 0.2) is 0 Å². The number of hydrogen-bond acceptors (Lipinski definition) is 4. The van der Waals surface area contributed by atoms with Gasteiger partial charge < -0.3 is 5.11 Å². The van der Waals surface area contributed by atoms with Gasteiger partial charge in [-0.15, -0.1) is 11.8 Å². The lowest BCUT2D eigenvalue weighted by Gasteiger charge is -2.03. The minimum absolute atomic E-state index is 0.0425. The van der Waals surface area contributed by atoms with E-state index in [1.807, 2.05) is 36.4 Å². The van der Waals surface area contributed by atoms with E-state index in [1.54, 1.807) is 24.0 Å². The zero-order valence-corrected chi connectivity index (χ0v) is 11.4. The van der Waals surface area contributed by atoms with Crippen LogP contribution in [0.1, 0.15) is 16.8 Å². The number of aliphatic carboxylic acids is 1. The van der Waals surface area contributed by atoms with Crippen molar-refractivity contribution in [2.45, 2.75) is 17.1 Å². The van der Waals surface area contributed by atoms with Crippen molar-refractivity contribution in [3.63, 3.8) is 0 Å². The maximum Gasteiger partial charge on any atom is 0.307 e. The average Bonchev–Trinajstić information content (AvgIpc) is 2.46. The second-order valence-electron chi connectivity index (χ2n) is 4.16. The van der Waals surface area contributed by atoms with Crippen LogP contribution in [0, 0.1) is 11.3 Å². The number of carbonyl (C=O) groups is 1. The van der Waals surface area contributed by atoms with Gasteiger partial charge >= 0.3 is 5.97 Å². The Bertz CT molecular complexity index is 648. The number of nitrogens with zero attached hydrogens (tertiary/aromatic N) is 2. The van der Waals surface area contributed by atoms with E-state index < -0.39 is 5.97 Å². The summed E-state index contributed by atoms with van der Waals surface area (Å²) in [7, 11) is 0. The lowest BCUT2D eigenvalue weighted by Crippen LogP contribution is -1.99. The number of carboxylic acids is 1. The molecular weight excluding hydrogens is 272 g/mol. The zero-order chi connectivity index (χ0) is 14.4. The van der Waals surface area contributed by atoms with Gasteiger partial charge in [-0.1, -0.05) is 12.1 Å². The number of carboxylic acid groups (broad SMARTS) is 1. The molecule has 1 heterocycles. The third-order valence-electron chi connectivity index (χ3n) is 2.62. The number of nitriles is 1. The molecule has 1 aromatic heterocycles. The van der Waals surface area contributed by atoms with Crippen LogP contribution in [-0.4, -0.2) is 16.1 Å². The highest BCUT2D eigenvalue weighted by Crippen LogP contribution is 2.23. The highest BCUT2D eigenvalue weighted by atomic mass is 32.2. The van der Waals surface area contributed by atoms with Crippen LogP contribution >= 0.6 is 11.8 Å². The summed E-state index contributed by atoms with van der Waals surface area (Å²) >= 11 is 1.64. The van der Waals surface area contributed by atoms with Gasteiger partial charge in [0.05, 0.1) is 6.42 Å². The molecule has 20 heavy (non-hydrogen) atoms. The van der Waals surface area contributed by atoms with Crippen LogP contribution in [0.25, 0.3) is 0 Å². The van der Waals surface area contributed by atoms with Gasteiger partial charge in [0, 0.05) is 16.8 Å². The van der Waals surface area contributed by atoms with Crippen molar-refractivity contribution in [1.29, 1.82) is 5.26 Å². The van der Waals surface area contributed by atoms with Crippen LogP contribution in [0.4, 0.5) is 0 Å². The van der Waals surface area contributed by atoms with Crippen LogP contribution in [-0.2, 0) is 17.0 Å². The van der Waals surface area contributed by atoms with Crippen LogP contribution in [0.5, 0.6) is 0 Å². The Kier molecular flexibility index (Phi) is 4.75. The fraction of sp³-hybridized carbons (Fsp3) is 0.133. The summed E-state index contributed by atoms with van der Waals surface area (Å²) in [4.78, 5) is 15.6. The Morgan fingerprint density at radius 3 is 2.65 bits per heavy atom. The van der Waals surface area contributed by atoms with Gasteiger partial charge in [-0.25, -0.2) is 4.98 Å². The summed E-state index contributed by atoms with van der Waals surface area (Å²) in [5, 5.41) is 17.5. The van der Waals surface area contributed by atoms with Crippen molar-refractivity contribution >= 4 is 17.7 Å². The molecule has 0 amide bonds. The van der Waals surface area contributed by atoms with E-state index in [0.717, 1.165) is 21.8 Å². The summed E-state index contributed by atoms with van der Waals surface area (Å²) in [5.74, 6) is -0.0821. The Balaban J connectivity index is 1.97. The van der Waals surface area contributed by atoms with Crippen molar-refractivity contribution in [3.05, 3.63) is 59.4 Å². The van der Waals surface area contributed by atoms with E-state index in [0.29, 0.717) is 5.69 Å². The minimum Gasteiger partial charge on any atom is -0.481 e. The number of aromatic nitrogens is 1. The topological polar surface area (TPSA) is 74.0 Å². The summed E-state index contributed by atoms with van der Waals surface area (Å²) in [6.07, 6.45) is 1.67. The number of benzene rings is 1. The average molecular weight is 284 g/mol. The first kappa shape index (κ1) is 14.1. The zero-order valence-electron chi connectivity index (χ0n) is 10.6. The summed E-state index contributed by atoms with van der Waals surface area (Å²) < 4.78 is 0. The second-order valence-corrected chi connectivity index (χ2v) is 5.21. The van der Waals surface area contributed by atoms with Crippen molar-refractivity contribution < 1.29 is 9.90 Å². The standard InChI is InChI=1S/C15H12N2O2S/c16-9-13-7-12(5-6-17-13)10-20-14-3-1-11(2-4-14)8-15(18)19/h1-7H,8,10H2,(H,18,19). The lowest BCUT2D eigenvalue weighted by atomic mass is 10.2. The molecule has 4 nitrogen and oxygen atoms in total. The quantitative estimate of drug-likeness (QED) is 0.854. The molecule has 1 aromatic carbocycles. The van der Waals surface area contributed by atoms with Crippen molar-refractivity contribution in [1.82, 2.24) is 4.98 Å². The molecule has 0 atom stereocenters. The van der Waals surface area contributed by atoms with E-state index in [1.165, 1.54) is 0 Å². The molecule has 0 saturated carbocycles. The fourth-order valence-corrected chi connectivity index (χ4v) is 2.51. The largest absolute Gasteiger partial charge is 0.481 e. The summed E-state index contributed by atoms with van der Waals surface area (Å²) in [6.45, 7) is 0. The number of thioether (sulfide) groups is 1. The molecule has 5 heteroatoms. The molecule has 0 aliphatic carbocycles. The molecule has 0 spiro atoms. The predicted molar refractivity (Wildman–Crippen MR) is 76.3 cm³/mol. The highest BCUT2D eigenvalue weighted by molar-refractivity contribution is 7.98. The third-order valence-corrected chi connectivity index (χ3v) is 3.71. The molecule has 2 aromatic rings. The van der Waals surface area contributed by atoms with Gasteiger partial charge in [-0.05, 0) is 35.4 Å². The number of rotatable bonds is 5. The molecule has 0 fully saturated rings. The highest BCUT2D eigenvalue weighted by Gasteiger charge is 2.02. The van der Waals surface area contributed by atoms with Gasteiger partial charge in [0.2, 0.25) is 0 Å². The Morgan fingerprint density at radius 1 is 1.25 bits per heavy atom. The minimum atomic E-state index is -0.828. The van der Waals surface area contributed by atoms with E-state index >= 15 is 0 Å². The first-order chi connectivity index (χ1) is 9.67. The monoisotopic (exact) mass is 284 g/mol. The number of pyridine rings is 1. The molecule has 0 aliphatic heterocycles. The molecule has 2 rings (SSSR count). The lowest BCUT2D eigenvalue weighted by molar-refractivity contribution is -0.136. The predicted octanol–water partition coefficient (Wildman–Crippen LogP) is 2.87. The van der Waals surface area contributed by atoms with E-state index in [9.17, 15) is 4.79 Å². The Hall–Kier alpha value is -2.32. The molecule has 0 unspecified atom stereocenters. The molecule has 100 valence electrons. The van der Waals surface area contributed by atoms with Crippen LogP contribution < -0.4 is 0 Å². The maximum atomic E-state index is 10.6. The first-order valence-electron chi connectivity index (χ1n) is 5.96. The fourth-order valence-electron chi connectivity index (χ4n) is 1.67. The van der Waals surface area contributed by atoms with E-state index in [4.69, 9.17) is 10.4 Å². The van der Waals surface area contributed by atoms with Gasteiger partial charge in [-0.3, -0.25) is 4.79 Å². The molecule has 0 aliphatic rings. The van der Waals surface area contributed by atoms with Crippen molar-refractivity contribution in [2.75, 3.05) is 0 Å². The van der Waals surface area contributed by atoms with E-state index in [2.05, 4.69) is 4.98 Å². The first-order valence-corrected chi connectivity index (χ1v) is 6.94. The van der Waals surface area contributed by atoms with Gasteiger partial charge in [0.25, 0.3) is 0 Å². The molecular formula is C15H12N2O2S. The van der Waals surface area contributed by atoms with Crippen molar-refractivity contribution in [2.24, 2.45) is 0 Å². The molecule has 0 radical (unpaired) electrons. The number of hydrogen-bond donors (Lipinski definition) is 1. The maximum absolute atomic E-state index is 10.6. The van der Waals surface area contributed by atoms with Gasteiger partial charge in [-0.2, -0.15) is 5.26 Å². The summed E-state index contributed by atoms with van der Waals surface area (Å²) in [5.41, 5.74) is 2.24. The smallest absolute Gasteiger partial charge is 0.307 e. The van der Waals surface area contributed by atoms with Gasteiger partial charge in [0.1, 0.15) is 11.8 Å². The van der Waals surface area contributed by atoms with Crippen LogP contribution in [0.3, 0.4) is 0 Å². The molecule has 0 saturated heterocycles. The van der Waals surface area contributed by atoms with Crippen molar-refractivity contribution in [3.8, 4) is 6.07 Å².